The Bertz CT molecular complexity index is 40.5. The molecule has 0 radical (unpaired) electrons. The van der Waals surface area contributed by atoms with Crippen LogP contribution >= 0.6 is 12.0 Å². The molecule has 0 atom stereocenters. The summed E-state index contributed by atoms with van der Waals surface area (Å²) in [6, 6.07) is 0. The van der Waals surface area contributed by atoms with E-state index in [0.717, 1.165) is 0 Å². The third kappa shape index (κ3) is 4.10. The van der Waals surface area contributed by atoms with Crippen molar-refractivity contribution in [3.8, 4) is 0 Å². The Morgan fingerprint density at radius 3 is 1.50 bits per heavy atom. The number of rotatable bonds is 0. The predicted molar refractivity (Wildman–Crippen MR) is 14.4 cm³/mol. The first kappa shape index (κ1) is 6.10. The first-order chi connectivity index (χ1) is 2.56. The minimum absolute atomic E-state index is 1.37. The standard InChI is InChI=1S/CHF3OS/c2-1(3,4)6-5/h5H/p-1. The molecule has 0 aromatic heterocycles. The molecule has 1 nitrogen and oxygen atoms in total. The zero-order chi connectivity index (χ0) is 5.21. The van der Waals surface area contributed by atoms with Gasteiger partial charge in [-0.15, -0.1) is 0 Å². The van der Waals surface area contributed by atoms with Crippen molar-refractivity contribution in [2.75, 3.05) is 0 Å². The van der Waals surface area contributed by atoms with Crippen LogP contribution < -0.4 is 0 Å². The highest BCUT2D eigenvalue weighted by Gasteiger charge is 2.20. The van der Waals surface area contributed by atoms with Crippen molar-refractivity contribution >= 4 is 12.0 Å². The van der Waals surface area contributed by atoms with Crippen molar-refractivity contribution < 1.29 is 17.7 Å². The first-order valence-corrected chi connectivity index (χ1v) is 1.68. The smallest absolute Gasteiger partial charge is 0.428 e. The molecule has 0 unspecified atom stereocenters. The molecule has 0 rings (SSSR count). The van der Waals surface area contributed by atoms with E-state index in [1.807, 2.05) is 0 Å². The average Bonchev–Trinajstić information content (AvgIpc) is 1.35. The van der Waals surface area contributed by atoms with E-state index in [0.29, 0.717) is 0 Å². The van der Waals surface area contributed by atoms with Crippen LogP contribution in [0.5, 0.6) is 0 Å². The first-order valence-electron chi connectivity index (χ1n) is 0.938. The highest BCUT2D eigenvalue weighted by atomic mass is 32.2. The fourth-order valence-electron chi connectivity index (χ4n) is 0. The molecular formula is CF3OS-. The predicted octanol–water partition coefficient (Wildman–Crippen LogP) is 1.37. The summed E-state index contributed by atoms with van der Waals surface area (Å²) in [4.78, 5) is 0. The molecule has 0 amide bonds. The maximum absolute atomic E-state index is 10.4. The van der Waals surface area contributed by atoms with Crippen LogP contribution in [0.3, 0.4) is 0 Å². The third-order valence-electron chi connectivity index (χ3n) is 0.0945. The summed E-state index contributed by atoms with van der Waals surface area (Å²) in [5, 5.41) is 0. The second-order valence-corrected chi connectivity index (χ2v) is 1.16. The average molecular weight is 117 g/mol. The van der Waals surface area contributed by atoms with E-state index in [1.165, 1.54) is 0 Å². The Balaban J connectivity index is 3.17. The zero-order valence-corrected chi connectivity index (χ0v) is 3.27. The summed E-state index contributed by atoms with van der Waals surface area (Å²) in [6.45, 7) is 0. The van der Waals surface area contributed by atoms with Crippen LogP contribution in [0.25, 0.3) is 0 Å². The molecule has 0 aromatic rings. The van der Waals surface area contributed by atoms with E-state index in [4.69, 9.17) is 4.55 Å². The third-order valence-corrected chi connectivity index (χ3v) is 0.283. The number of alkyl halides is 3. The molecule has 0 N–H and O–H groups in total. The van der Waals surface area contributed by atoms with Crippen molar-refractivity contribution in [3.05, 3.63) is 0 Å². The van der Waals surface area contributed by atoms with Crippen LogP contribution in [0.4, 0.5) is 13.2 Å². The van der Waals surface area contributed by atoms with Gasteiger partial charge in [-0.2, -0.15) is 25.2 Å². The van der Waals surface area contributed by atoms with Gasteiger partial charge in [0.2, 0.25) is 0 Å². The molecule has 0 aliphatic carbocycles. The Morgan fingerprint density at radius 2 is 1.50 bits per heavy atom. The lowest BCUT2D eigenvalue weighted by Crippen LogP contribution is -1.96. The van der Waals surface area contributed by atoms with Gasteiger partial charge in [-0.05, 0) is 0 Å². The molecule has 6 heavy (non-hydrogen) atoms. The van der Waals surface area contributed by atoms with Crippen molar-refractivity contribution in [1.82, 2.24) is 0 Å². The van der Waals surface area contributed by atoms with Crippen LogP contribution in [0.15, 0.2) is 0 Å². The molecule has 0 saturated heterocycles. The van der Waals surface area contributed by atoms with Crippen LogP contribution in [-0.4, -0.2) is 10.1 Å². The highest BCUT2D eigenvalue weighted by Crippen LogP contribution is 2.26. The molecule has 0 spiro atoms. The molecule has 0 aliphatic rings. The van der Waals surface area contributed by atoms with Gasteiger partial charge in [0.15, 0.2) is 0 Å². The van der Waals surface area contributed by atoms with Crippen molar-refractivity contribution in [1.29, 1.82) is 0 Å². The van der Waals surface area contributed by atoms with Crippen molar-refractivity contribution in [3.63, 3.8) is 0 Å². The van der Waals surface area contributed by atoms with Crippen LogP contribution in [-0.2, 0) is 0 Å². The quantitative estimate of drug-likeness (QED) is 0.447. The van der Waals surface area contributed by atoms with Gasteiger partial charge in [0, 0.05) is 0 Å². The Kier molecular flexibility index (Phi) is 1.73. The van der Waals surface area contributed by atoms with Crippen LogP contribution in [0.2, 0.25) is 0 Å². The lowest BCUT2D eigenvalue weighted by Gasteiger charge is -2.05. The van der Waals surface area contributed by atoms with E-state index in [9.17, 15) is 13.2 Å². The fraction of sp³-hybridized carbons (Fsp3) is 1.00. The Labute approximate surface area is 36.4 Å². The summed E-state index contributed by atoms with van der Waals surface area (Å²) >= 11 is -1.37. The second kappa shape index (κ2) is 1.70. The van der Waals surface area contributed by atoms with E-state index < -0.39 is 17.6 Å². The summed E-state index contributed by atoms with van der Waals surface area (Å²) < 4.78 is 40.0. The van der Waals surface area contributed by atoms with Crippen LogP contribution in [0, 0.1) is 0 Å². The van der Waals surface area contributed by atoms with Crippen LogP contribution in [0.1, 0.15) is 0 Å². The SMILES string of the molecule is [O-]SC(F)(F)F. The van der Waals surface area contributed by atoms with Gasteiger partial charge in [-0.3, -0.25) is 0 Å². The largest absolute Gasteiger partial charge is 0.793 e. The molecule has 0 aromatic carbocycles. The minimum Gasteiger partial charge on any atom is -0.793 e. The Morgan fingerprint density at radius 1 is 1.33 bits per heavy atom. The molecule has 0 fully saturated rings. The lowest BCUT2D eigenvalue weighted by atomic mass is 11.6. The molecule has 0 bridgehead atoms. The van der Waals surface area contributed by atoms with Gasteiger partial charge in [0.05, 0.1) is 0 Å². The maximum Gasteiger partial charge on any atom is 0.428 e. The van der Waals surface area contributed by atoms with E-state index >= 15 is 0 Å². The second-order valence-electron chi connectivity index (χ2n) is 0.529. The molecule has 0 saturated carbocycles. The van der Waals surface area contributed by atoms with E-state index in [2.05, 4.69) is 0 Å². The summed E-state index contributed by atoms with van der Waals surface area (Å²) in [6.07, 6.45) is 0. The normalized spacial score (nSPS) is 12.0. The zero-order valence-electron chi connectivity index (χ0n) is 2.45. The monoisotopic (exact) mass is 117 g/mol. The van der Waals surface area contributed by atoms with E-state index in [-0.39, 0.29) is 0 Å². The topological polar surface area (TPSA) is 23.1 Å². The van der Waals surface area contributed by atoms with Gasteiger partial charge in [0.25, 0.3) is 0 Å². The number of halogens is 3. The maximum atomic E-state index is 10.4. The van der Waals surface area contributed by atoms with Gasteiger partial charge in [-0.1, -0.05) is 0 Å². The molecule has 38 valence electrons. The van der Waals surface area contributed by atoms with Crippen molar-refractivity contribution in [2.45, 2.75) is 5.51 Å². The van der Waals surface area contributed by atoms with Gasteiger partial charge < -0.3 is 4.55 Å². The van der Waals surface area contributed by atoms with Gasteiger partial charge in [-0.25, -0.2) is 0 Å². The fourth-order valence-corrected chi connectivity index (χ4v) is 0. The number of hydrogen-bond donors (Lipinski definition) is 0. The van der Waals surface area contributed by atoms with Crippen molar-refractivity contribution in [2.24, 2.45) is 0 Å². The summed E-state index contributed by atoms with van der Waals surface area (Å²) in [7, 11) is 0. The highest BCUT2D eigenvalue weighted by molar-refractivity contribution is 7.94. The van der Waals surface area contributed by atoms with Gasteiger partial charge in [0.1, 0.15) is 0 Å². The summed E-state index contributed by atoms with van der Waals surface area (Å²) in [5.74, 6) is 0. The molecule has 0 heterocycles. The lowest BCUT2D eigenvalue weighted by molar-refractivity contribution is -0.0381. The number of hydrogen-bond acceptors (Lipinski definition) is 2. The minimum atomic E-state index is -4.60. The molecule has 0 aliphatic heterocycles. The Hall–Kier alpha value is 0.100. The molecular weight excluding hydrogens is 117 g/mol. The van der Waals surface area contributed by atoms with E-state index in [1.54, 1.807) is 0 Å². The van der Waals surface area contributed by atoms with Gasteiger partial charge >= 0.3 is 5.51 Å². The summed E-state index contributed by atoms with van der Waals surface area (Å²) in [5.41, 5.74) is -4.60. The molecule has 5 heteroatoms.